The van der Waals surface area contributed by atoms with Crippen molar-refractivity contribution >= 4 is 0 Å². The van der Waals surface area contributed by atoms with E-state index in [0.717, 1.165) is 44.6 Å². The Balaban J connectivity index is 2.10. The fourth-order valence-electron chi connectivity index (χ4n) is 4.27. The van der Waals surface area contributed by atoms with Crippen LogP contribution < -0.4 is 4.57 Å². The molecular formula is C24H26N+. The maximum atomic E-state index is 8.42. The highest BCUT2D eigenvalue weighted by Crippen LogP contribution is 2.53. The van der Waals surface area contributed by atoms with Gasteiger partial charge in [0.1, 0.15) is 7.05 Å². The van der Waals surface area contributed by atoms with Crippen LogP contribution in [-0.2, 0) is 12.5 Å². The lowest BCUT2D eigenvalue weighted by Crippen LogP contribution is -2.31. The van der Waals surface area contributed by atoms with E-state index in [4.69, 9.17) is 8.22 Å². The van der Waals surface area contributed by atoms with Gasteiger partial charge in [0.15, 0.2) is 6.20 Å². The van der Waals surface area contributed by atoms with E-state index in [2.05, 4.69) is 0 Å². The van der Waals surface area contributed by atoms with E-state index >= 15 is 0 Å². The third kappa shape index (κ3) is 2.18. The smallest absolute Gasteiger partial charge is 0.201 e. The van der Waals surface area contributed by atoms with Crippen molar-refractivity contribution in [1.82, 2.24) is 0 Å². The first-order chi connectivity index (χ1) is 14.3. The van der Waals surface area contributed by atoms with Crippen LogP contribution in [-0.4, -0.2) is 0 Å². The maximum absolute atomic E-state index is 8.42. The summed E-state index contributed by atoms with van der Waals surface area (Å²) in [5.74, 6) is 0. The zero-order valence-electron chi connectivity index (χ0n) is 21.1. The molecule has 1 aliphatic carbocycles. The van der Waals surface area contributed by atoms with E-state index in [0.29, 0.717) is 0 Å². The second-order valence-corrected chi connectivity index (χ2v) is 7.22. The van der Waals surface area contributed by atoms with Gasteiger partial charge in [-0.05, 0) is 54.6 Å². The summed E-state index contributed by atoms with van der Waals surface area (Å²) in [4.78, 5) is 0. The molecule has 1 aromatic heterocycles. The van der Waals surface area contributed by atoms with Gasteiger partial charge >= 0.3 is 0 Å². The van der Waals surface area contributed by atoms with E-state index < -0.39 is 19.1 Å². The minimum absolute atomic E-state index is 0.271. The first-order valence-electron chi connectivity index (χ1n) is 11.5. The molecule has 1 heteroatoms. The minimum Gasteiger partial charge on any atom is -0.201 e. The van der Waals surface area contributed by atoms with Crippen molar-refractivity contribution in [1.29, 1.82) is 0 Å². The van der Waals surface area contributed by atoms with Gasteiger partial charge in [0.2, 0.25) is 5.69 Å². The highest BCUT2D eigenvalue weighted by Gasteiger charge is 2.39. The molecule has 0 saturated carbocycles. The van der Waals surface area contributed by atoms with Gasteiger partial charge in [-0.15, -0.1) is 0 Å². The molecule has 126 valence electrons. The van der Waals surface area contributed by atoms with E-state index in [1.165, 1.54) is 0 Å². The Morgan fingerprint density at radius 3 is 2.52 bits per heavy atom. The molecule has 0 N–H and O–H groups in total. The van der Waals surface area contributed by atoms with Gasteiger partial charge in [-0.1, -0.05) is 44.1 Å². The number of fused-ring (bicyclic) bond motifs is 3. The standard InChI is InChI=1S/C24H26N/c1-15-10-13-20(25(6)14-15)21-16(2)11-12-19-22(21)18-9-7-8-17(3)23(18)24(19,4)5/h7-14H,1-6H3/q+1/i1D3,4D3. The summed E-state index contributed by atoms with van der Waals surface area (Å²) in [6.45, 7) is 1.38. The molecule has 0 amide bonds. The van der Waals surface area contributed by atoms with Crippen molar-refractivity contribution in [3.63, 3.8) is 0 Å². The highest BCUT2D eigenvalue weighted by molar-refractivity contribution is 5.93. The van der Waals surface area contributed by atoms with E-state index in [1.807, 2.05) is 68.8 Å². The van der Waals surface area contributed by atoms with Crippen LogP contribution in [0.2, 0.25) is 0 Å². The van der Waals surface area contributed by atoms with E-state index in [9.17, 15) is 0 Å². The van der Waals surface area contributed by atoms with Crippen LogP contribution in [0.4, 0.5) is 0 Å². The Morgan fingerprint density at radius 1 is 0.960 bits per heavy atom. The van der Waals surface area contributed by atoms with Crippen LogP contribution in [0.3, 0.4) is 0 Å². The van der Waals surface area contributed by atoms with Gasteiger partial charge in [0.05, 0.1) is 5.56 Å². The zero-order valence-corrected chi connectivity index (χ0v) is 15.1. The lowest BCUT2D eigenvalue weighted by atomic mass is 9.80. The molecule has 1 aliphatic rings. The summed E-state index contributed by atoms with van der Waals surface area (Å²) in [5, 5.41) is 0. The molecule has 0 saturated heterocycles. The average molecular weight is 335 g/mol. The molecule has 0 aliphatic heterocycles. The molecule has 3 aromatic rings. The third-order valence-corrected chi connectivity index (χ3v) is 5.38. The molecule has 0 bridgehead atoms. The summed E-state index contributed by atoms with van der Waals surface area (Å²) in [6, 6.07) is 13.3. The molecule has 2 aromatic carbocycles. The summed E-state index contributed by atoms with van der Waals surface area (Å²) in [5.41, 5.74) is 6.41. The Kier molecular flexibility index (Phi) is 2.23. The van der Waals surface area contributed by atoms with Crippen molar-refractivity contribution in [3.8, 4) is 22.4 Å². The summed E-state index contributed by atoms with van der Waals surface area (Å²) in [6.07, 6.45) is 1.64. The van der Waals surface area contributed by atoms with Crippen LogP contribution in [0.1, 0.15) is 49.8 Å². The monoisotopic (exact) mass is 334 g/mol. The van der Waals surface area contributed by atoms with Gasteiger partial charge in [-0.25, -0.2) is 4.57 Å². The highest BCUT2D eigenvalue weighted by atomic mass is 14.9. The lowest BCUT2D eigenvalue weighted by Gasteiger charge is -2.23. The van der Waals surface area contributed by atoms with E-state index in [-0.39, 0.29) is 5.56 Å². The number of benzene rings is 2. The number of rotatable bonds is 1. The molecule has 1 nitrogen and oxygen atoms in total. The number of aromatic nitrogens is 1. The molecule has 25 heavy (non-hydrogen) atoms. The Labute approximate surface area is 159 Å². The predicted molar refractivity (Wildman–Crippen MR) is 105 cm³/mol. The van der Waals surface area contributed by atoms with Crippen LogP contribution in [0.25, 0.3) is 22.4 Å². The van der Waals surface area contributed by atoms with Crippen molar-refractivity contribution in [2.75, 3.05) is 0 Å². The Bertz CT molecular complexity index is 1210. The minimum atomic E-state index is -2.22. The quantitative estimate of drug-likeness (QED) is 0.524. The summed E-state index contributed by atoms with van der Waals surface area (Å²) < 4.78 is 50.2. The van der Waals surface area contributed by atoms with Crippen LogP contribution in [0.5, 0.6) is 0 Å². The molecule has 0 fully saturated rings. The van der Waals surface area contributed by atoms with Crippen molar-refractivity contribution < 1.29 is 12.8 Å². The molecule has 1 heterocycles. The number of hydrogen-bond donors (Lipinski definition) is 0. The molecule has 0 spiro atoms. The average Bonchev–Trinajstić information content (AvgIpc) is 2.92. The lowest BCUT2D eigenvalue weighted by molar-refractivity contribution is -0.660. The molecule has 1 unspecified atom stereocenters. The number of aryl methyl sites for hydroxylation is 4. The second-order valence-electron chi connectivity index (χ2n) is 7.22. The van der Waals surface area contributed by atoms with Gasteiger partial charge in [-0.2, -0.15) is 0 Å². The van der Waals surface area contributed by atoms with Crippen molar-refractivity contribution in [2.45, 2.75) is 39.9 Å². The second kappa shape index (κ2) is 5.29. The Morgan fingerprint density at radius 2 is 1.80 bits per heavy atom. The van der Waals surface area contributed by atoms with Gasteiger partial charge in [0, 0.05) is 30.8 Å². The molecule has 4 rings (SSSR count). The van der Waals surface area contributed by atoms with Gasteiger partial charge in [0.25, 0.3) is 0 Å². The maximum Gasteiger partial charge on any atom is 0.213 e. The predicted octanol–water partition coefficient (Wildman–Crippen LogP) is 5.41. The Hall–Kier alpha value is -2.41. The molecular weight excluding hydrogens is 302 g/mol. The van der Waals surface area contributed by atoms with Crippen LogP contribution in [0, 0.1) is 20.7 Å². The SMILES string of the molecule is [2H]C([2H])([2H])c1ccc(-c2c(C)ccc3c2-c2cccc(C)c2C3(C)C([2H])([2H])[2H])[n+](C)c1. The van der Waals surface area contributed by atoms with Crippen molar-refractivity contribution in [2.24, 2.45) is 7.05 Å². The molecule has 1 atom stereocenters. The number of nitrogens with zero attached hydrogens (tertiary/aromatic N) is 1. The van der Waals surface area contributed by atoms with Crippen molar-refractivity contribution in [3.05, 3.63) is 76.5 Å². The fraction of sp³-hybridized carbons (Fsp3) is 0.292. The number of pyridine rings is 1. The molecule has 0 radical (unpaired) electrons. The largest absolute Gasteiger partial charge is 0.213 e. The van der Waals surface area contributed by atoms with Crippen LogP contribution in [0.15, 0.2) is 48.7 Å². The topological polar surface area (TPSA) is 3.88 Å². The zero-order chi connectivity index (χ0) is 22.9. The number of hydrogen-bond acceptors (Lipinski definition) is 0. The van der Waals surface area contributed by atoms with Crippen LogP contribution >= 0.6 is 0 Å². The van der Waals surface area contributed by atoms with Gasteiger partial charge < -0.3 is 0 Å². The fourth-order valence-corrected chi connectivity index (χ4v) is 4.27. The first-order valence-corrected chi connectivity index (χ1v) is 8.53. The normalized spacial score (nSPS) is 22.7. The summed E-state index contributed by atoms with van der Waals surface area (Å²) >= 11 is 0. The first kappa shape index (κ1) is 10.6. The third-order valence-electron chi connectivity index (χ3n) is 5.38. The summed E-state index contributed by atoms with van der Waals surface area (Å²) in [7, 11) is 1.83. The van der Waals surface area contributed by atoms with E-state index in [1.54, 1.807) is 12.3 Å². The van der Waals surface area contributed by atoms with Gasteiger partial charge in [-0.3, -0.25) is 0 Å².